The Balaban J connectivity index is 1.45. The Labute approximate surface area is 211 Å². The highest BCUT2D eigenvalue weighted by atomic mass is 19.4. The molecule has 0 saturated carbocycles. The van der Waals surface area contributed by atoms with E-state index < -0.39 is 17.8 Å². The van der Waals surface area contributed by atoms with Crippen LogP contribution in [-0.2, 0) is 4.74 Å². The summed E-state index contributed by atoms with van der Waals surface area (Å²) in [5.74, 6) is 0.432. The fourth-order valence-electron chi connectivity index (χ4n) is 3.53. The van der Waals surface area contributed by atoms with Crippen molar-refractivity contribution >= 4 is 28.9 Å². The second-order valence-corrected chi connectivity index (χ2v) is 7.92. The summed E-state index contributed by atoms with van der Waals surface area (Å²) in [7, 11) is 1.40. The highest BCUT2D eigenvalue weighted by Gasteiger charge is 2.34. The Morgan fingerprint density at radius 1 is 1.05 bits per heavy atom. The number of allylic oxidation sites excluding steroid dienone is 2. The SMILES string of the molecule is CN=C(/C=C(\Nc1ccc(NC(=O)c2ccnc(N3CCOCC3)c2)nc1)C(F)(F)F)c1cccnc1. The normalized spacial score (nSPS) is 14.9. The molecule has 1 aliphatic rings. The first-order valence-electron chi connectivity index (χ1n) is 11.3. The molecule has 0 atom stereocenters. The molecule has 0 aliphatic carbocycles. The van der Waals surface area contributed by atoms with Gasteiger partial charge in [-0.25, -0.2) is 9.97 Å². The van der Waals surface area contributed by atoms with Gasteiger partial charge in [0.15, 0.2) is 0 Å². The van der Waals surface area contributed by atoms with Gasteiger partial charge in [-0.15, -0.1) is 0 Å². The van der Waals surface area contributed by atoms with Crippen LogP contribution >= 0.6 is 0 Å². The molecule has 37 heavy (non-hydrogen) atoms. The highest BCUT2D eigenvalue weighted by molar-refractivity contribution is 6.09. The number of hydrogen-bond donors (Lipinski definition) is 2. The molecular weight excluding hydrogens is 487 g/mol. The predicted octanol–water partition coefficient (Wildman–Crippen LogP) is 3.94. The number of halogens is 3. The first kappa shape index (κ1) is 25.8. The van der Waals surface area contributed by atoms with E-state index >= 15 is 0 Å². The van der Waals surface area contributed by atoms with Crippen molar-refractivity contribution in [3.8, 4) is 0 Å². The number of pyridine rings is 3. The van der Waals surface area contributed by atoms with Gasteiger partial charge < -0.3 is 20.3 Å². The molecule has 1 amide bonds. The van der Waals surface area contributed by atoms with Crippen LogP contribution in [0.3, 0.4) is 0 Å². The number of morpholine rings is 1. The number of hydrogen-bond acceptors (Lipinski definition) is 8. The van der Waals surface area contributed by atoms with Crippen molar-refractivity contribution in [3.63, 3.8) is 0 Å². The van der Waals surface area contributed by atoms with Crippen LogP contribution in [0.4, 0.5) is 30.5 Å². The number of carbonyl (C=O) groups is 1. The van der Waals surface area contributed by atoms with E-state index in [1.807, 2.05) is 4.90 Å². The number of aliphatic imine (C=N–C) groups is 1. The second-order valence-electron chi connectivity index (χ2n) is 7.92. The van der Waals surface area contributed by atoms with Gasteiger partial charge in [0.2, 0.25) is 0 Å². The van der Waals surface area contributed by atoms with Gasteiger partial charge in [0.05, 0.1) is 30.8 Å². The number of carbonyl (C=O) groups excluding carboxylic acids is 1. The van der Waals surface area contributed by atoms with Gasteiger partial charge in [0.1, 0.15) is 17.3 Å². The molecule has 3 aromatic heterocycles. The van der Waals surface area contributed by atoms with E-state index in [1.54, 1.807) is 30.5 Å². The van der Waals surface area contributed by atoms with Crippen LogP contribution in [0.2, 0.25) is 0 Å². The van der Waals surface area contributed by atoms with Crippen LogP contribution < -0.4 is 15.5 Å². The van der Waals surface area contributed by atoms with Crippen molar-refractivity contribution in [2.45, 2.75) is 6.18 Å². The van der Waals surface area contributed by atoms with Gasteiger partial charge in [-0.1, -0.05) is 0 Å². The van der Waals surface area contributed by atoms with Crippen LogP contribution in [0.25, 0.3) is 0 Å². The number of aromatic nitrogens is 3. The maximum Gasteiger partial charge on any atom is 0.431 e. The third-order valence-corrected chi connectivity index (χ3v) is 5.41. The molecule has 0 spiro atoms. The molecule has 3 aromatic rings. The quantitative estimate of drug-likeness (QED) is 0.463. The van der Waals surface area contributed by atoms with Crippen LogP contribution in [0.1, 0.15) is 15.9 Å². The van der Waals surface area contributed by atoms with Crippen molar-refractivity contribution in [1.29, 1.82) is 0 Å². The molecule has 192 valence electrons. The van der Waals surface area contributed by atoms with E-state index in [9.17, 15) is 18.0 Å². The van der Waals surface area contributed by atoms with E-state index in [4.69, 9.17) is 4.74 Å². The lowest BCUT2D eigenvalue weighted by molar-refractivity contribution is -0.0901. The molecule has 0 aromatic carbocycles. The predicted molar refractivity (Wildman–Crippen MR) is 134 cm³/mol. The van der Waals surface area contributed by atoms with E-state index in [-0.39, 0.29) is 17.2 Å². The van der Waals surface area contributed by atoms with Crippen LogP contribution in [0.5, 0.6) is 0 Å². The zero-order chi connectivity index (χ0) is 26.3. The average molecular weight is 512 g/mol. The fourth-order valence-corrected chi connectivity index (χ4v) is 3.53. The van der Waals surface area contributed by atoms with E-state index in [1.165, 1.54) is 37.8 Å². The van der Waals surface area contributed by atoms with Gasteiger partial charge in [0, 0.05) is 49.9 Å². The van der Waals surface area contributed by atoms with Crippen molar-refractivity contribution in [1.82, 2.24) is 15.0 Å². The lowest BCUT2D eigenvalue weighted by atomic mass is 10.1. The number of alkyl halides is 3. The minimum atomic E-state index is -4.68. The number of ether oxygens (including phenoxy) is 1. The summed E-state index contributed by atoms with van der Waals surface area (Å²) in [6.45, 7) is 2.53. The summed E-state index contributed by atoms with van der Waals surface area (Å²) in [5.41, 5.74) is -0.00884. The Morgan fingerprint density at radius 2 is 1.86 bits per heavy atom. The third-order valence-electron chi connectivity index (χ3n) is 5.41. The Hall–Kier alpha value is -4.32. The zero-order valence-corrected chi connectivity index (χ0v) is 19.9. The van der Waals surface area contributed by atoms with Crippen LogP contribution in [-0.4, -0.2) is 66.1 Å². The minimum absolute atomic E-state index is 0.0849. The molecule has 1 saturated heterocycles. The van der Waals surface area contributed by atoms with Crippen molar-refractivity contribution in [2.24, 2.45) is 4.99 Å². The first-order valence-corrected chi connectivity index (χ1v) is 11.3. The largest absolute Gasteiger partial charge is 0.431 e. The lowest BCUT2D eigenvalue weighted by Gasteiger charge is -2.27. The standard InChI is InChI=1S/C25H24F3N7O2/c1-29-20(18-3-2-7-30-15-18)14-21(25(26,27)28)33-19-4-5-22(32-16-19)34-24(36)17-6-8-31-23(13-17)35-9-11-37-12-10-35/h2-8,13-16,33H,9-12H2,1H3,(H,32,34,36)/b21-14-,29-20?. The van der Waals surface area contributed by atoms with E-state index in [0.29, 0.717) is 43.2 Å². The van der Waals surface area contributed by atoms with Crippen LogP contribution in [0, 0.1) is 0 Å². The number of anilines is 3. The van der Waals surface area contributed by atoms with Gasteiger partial charge in [0.25, 0.3) is 5.91 Å². The Kier molecular flexibility index (Phi) is 8.08. The summed E-state index contributed by atoms with van der Waals surface area (Å²) in [6.07, 6.45) is 1.93. The molecule has 9 nitrogen and oxygen atoms in total. The smallest absolute Gasteiger partial charge is 0.378 e. The van der Waals surface area contributed by atoms with Crippen LogP contribution in [0.15, 0.2) is 78.0 Å². The molecule has 1 aliphatic heterocycles. The summed E-state index contributed by atoms with van der Waals surface area (Å²) >= 11 is 0. The number of rotatable bonds is 7. The molecule has 0 radical (unpaired) electrons. The molecule has 0 unspecified atom stereocenters. The minimum Gasteiger partial charge on any atom is -0.378 e. The van der Waals surface area contributed by atoms with Gasteiger partial charge in [-0.3, -0.25) is 14.8 Å². The number of nitrogens with zero attached hydrogens (tertiary/aromatic N) is 5. The molecule has 0 bridgehead atoms. The van der Waals surface area contributed by atoms with Crippen molar-refractivity contribution < 1.29 is 22.7 Å². The van der Waals surface area contributed by atoms with Gasteiger partial charge in [-0.05, 0) is 42.5 Å². The van der Waals surface area contributed by atoms with Gasteiger partial charge >= 0.3 is 6.18 Å². The van der Waals surface area contributed by atoms with E-state index in [0.717, 1.165) is 6.08 Å². The molecule has 4 rings (SSSR count). The van der Waals surface area contributed by atoms with Crippen molar-refractivity contribution in [3.05, 3.63) is 84.1 Å². The zero-order valence-electron chi connectivity index (χ0n) is 19.9. The summed E-state index contributed by atoms with van der Waals surface area (Å²) in [6, 6.07) is 9.28. The maximum atomic E-state index is 13.7. The molecule has 12 heteroatoms. The summed E-state index contributed by atoms with van der Waals surface area (Å²) < 4.78 is 46.5. The summed E-state index contributed by atoms with van der Waals surface area (Å²) in [4.78, 5) is 31.0. The Bertz CT molecular complexity index is 1270. The first-order chi connectivity index (χ1) is 17.8. The summed E-state index contributed by atoms with van der Waals surface area (Å²) in [5, 5.41) is 5.00. The molecule has 2 N–H and O–H groups in total. The molecular formula is C25H24F3N7O2. The Morgan fingerprint density at radius 3 is 2.51 bits per heavy atom. The fraction of sp³-hybridized carbons (Fsp3) is 0.240. The monoisotopic (exact) mass is 511 g/mol. The highest BCUT2D eigenvalue weighted by Crippen LogP contribution is 2.28. The van der Waals surface area contributed by atoms with Gasteiger partial charge in [-0.2, -0.15) is 13.2 Å². The van der Waals surface area contributed by atoms with E-state index in [2.05, 4.69) is 30.6 Å². The average Bonchev–Trinajstić information content (AvgIpc) is 2.92. The molecule has 1 fully saturated rings. The third kappa shape index (κ3) is 6.88. The number of nitrogens with one attached hydrogen (secondary N) is 2. The molecule has 4 heterocycles. The lowest BCUT2D eigenvalue weighted by Crippen LogP contribution is -2.36. The second kappa shape index (κ2) is 11.6. The van der Waals surface area contributed by atoms with Crippen molar-refractivity contribution in [2.75, 3.05) is 48.9 Å². The maximum absolute atomic E-state index is 13.7. The number of amides is 1. The topological polar surface area (TPSA) is 105 Å².